The van der Waals surface area contributed by atoms with E-state index < -0.39 is 0 Å². The second-order valence-electron chi connectivity index (χ2n) is 11.2. The highest BCUT2D eigenvalue weighted by molar-refractivity contribution is 5.65. The first-order valence-corrected chi connectivity index (χ1v) is 14.8. The van der Waals surface area contributed by atoms with Crippen molar-refractivity contribution in [3.63, 3.8) is 0 Å². The molecule has 212 valence electrons. The SMILES string of the molecule is CCc1c2[nH]c(c1C)C=c1[nH]c(c(CCCO)c1C)=Cc1[nH]c(c(C)c1CCCO)C=c1[nH]c(c(C)c1CC)=C2. The van der Waals surface area contributed by atoms with Crippen LogP contribution in [0, 0.1) is 27.7 Å². The monoisotopic (exact) mass is 540 g/mol. The third kappa shape index (κ3) is 4.95. The molecule has 40 heavy (non-hydrogen) atoms. The van der Waals surface area contributed by atoms with E-state index in [1.165, 1.54) is 44.5 Å². The predicted molar refractivity (Wildman–Crippen MR) is 164 cm³/mol. The summed E-state index contributed by atoms with van der Waals surface area (Å²) in [6.07, 6.45) is 13.9. The molecular weight excluding hydrogens is 496 g/mol. The van der Waals surface area contributed by atoms with Gasteiger partial charge in [-0.1, -0.05) is 13.8 Å². The van der Waals surface area contributed by atoms with Gasteiger partial charge in [-0.15, -0.1) is 0 Å². The third-order valence-corrected chi connectivity index (χ3v) is 8.84. The minimum absolute atomic E-state index is 0.164. The van der Waals surface area contributed by atoms with Crippen molar-refractivity contribution >= 4 is 24.3 Å². The van der Waals surface area contributed by atoms with Crippen molar-refractivity contribution in [2.75, 3.05) is 13.2 Å². The lowest BCUT2D eigenvalue weighted by Gasteiger charge is -2.02. The number of nitrogens with one attached hydrogen (secondary N) is 4. The number of fused-ring (bicyclic) bond motifs is 8. The van der Waals surface area contributed by atoms with Gasteiger partial charge in [0.2, 0.25) is 0 Å². The highest BCUT2D eigenvalue weighted by Crippen LogP contribution is 2.23. The second kappa shape index (κ2) is 11.6. The largest absolute Gasteiger partial charge is 0.396 e. The Morgan fingerprint density at radius 3 is 1.48 bits per heavy atom. The van der Waals surface area contributed by atoms with Gasteiger partial charge in [-0.2, -0.15) is 0 Å². The van der Waals surface area contributed by atoms with Gasteiger partial charge < -0.3 is 30.1 Å². The smallest absolute Gasteiger partial charge is 0.0441 e. The Bertz CT molecular complexity index is 1790. The first kappa shape index (κ1) is 28.1. The van der Waals surface area contributed by atoms with E-state index in [-0.39, 0.29) is 13.2 Å². The lowest BCUT2D eigenvalue weighted by molar-refractivity contribution is 0.288. The molecule has 1 aliphatic heterocycles. The predicted octanol–water partition coefficient (Wildman–Crippen LogP) is 2.84. The standard InChI is InChI=1S/C34H44N4O2/c1-7-23-19(3)27-15-28-21(5)25(11-9-13-39)33(37-28)18-34-26(12-10-14-40)22(6)30(38-34)17-32-24(8-2)20(4)29(36-32)16-31(23)35-27/h15-18,35-40H,7-14H2,1-6H3. The van der Waals surface area contributed by atoms with Crippen molar-refractivity contribution < 1.29 is 10.2 Å². The van der Waals surface area contributed by atoms with E-state index in [2.05, 4.69) is 85.8 Å². The molecule has 0 atom stereocenters. The molecule has 0 saturated carbocycles. The molecule has 0 spiro atoms. The van der Waals surface area contributed by atoms with Crippen LogP contribution in [-0.2, 0) is 25.7 Å². The minimum atomic E-state index is 0.164. The van der Waals surface area contributed by atoms with Crippen molar-refractivity contribution in [1.29, 1.82) is 0 Å². The van der Waals surface area contributed by atoms with Crippen LogP contribution in [-0.4, -0.2) is 43.4 Å². The Labute approximate surface area is 236 Å². The van der Waals surface area contributed by atoms with Crippen LogP contribution in [0.25, 0.3) is 24.3 Å². The maximum Gasteiger partial charge on any atom is 0.0441 e. The number of aliphatic hydroxyl groups excluding tert-OH is 2. The van der Waals surface area contributed by atoms with Crippen LogP contribution in [0.1, 0.15) is 94.0 Å². The van der Waals surface area contributed by atoms with Gasteiger partial charge in [-0.3, -0.25) is 0 Å². The maximum absolute atomic E-state index is 9.64. The van der Waals surface area contributed by atoms with Gasteiger partial charge in [0.15, 0.2) is 0 Å². The summed E-state index contributed by atoms with van der Waals surface area (Å²) in [6, 6.07) is 0. The van der Waals surface area contributed by atoms with E-state index in [0.717, 1.165) is 69.9 Å². The van der Waals surface area contributed by atoms with E-state index >= 15 is 0 Å². The molecule has 0 amide bonds. The molecule has 4 aromatic rings. The fourth-order valence-corrected chi connectivity index (χ4v) is 6.43. The lowest BCUT2D eigenvalue weighted by Crippen LogP contribution is -2.13. The Morgan fingerprint density at radius 2 is 0.900 bits per heavy atom. The molecule has 0 fully saturated rings. The molecule has 1 aliphatic rings. The molecular formula is C34H44N4O2. The molecule has 6 nitrogen and oxygen atoms in total. The van der Waals surface area contributed by atoms with Crippen LogP contribution >= 0.6 is 0 Å². The highest BCUT2D eigenvalue weighted by atomic mass is 16.3. The number of aromatic nitrogens is 4. The van der Waals surface area contributed by atoms with Gasteiger partial charge in [0.1, 0.15) is 0 Å². The quantitative estimate of drug-likeness (QED) is 0.182. The molecule has 5 heterocycles. The Kier molecular flexibility index (Phi) is 8.11. The summed E-state index contributed by atoms with van der Waals surface area (Å²) in [5.74, 6) is 0. The summed E-state index contributed by atoms with van der Waals surface area (Å²) in [6.45, 7) is 13.5. The average molecular weight is 541 g/mol. The summed E-state index contributed by atoms with van der Waals surface area (Å²) in [5.41, 5.74) is 14.6. The average Bonchev–Trinajstić information content (AvgIpc) is 3.59. The molecule has 0 aromatic carbocycles. The zero-order chi connectivity index (χ0) is 28.6. The molecule has 0 radical (unpaired) electrons. The molecule has 0 saturated heterocycles. The number of aromatic amines is 4. The van der Waals surface area contributed by atoms with Crippen LogP contribution in [0.3, 0.4) is 0 Å². The van der Waals surface area contributed by atoms with Crippen molar-refractivity contribution in [2.24, 2.45) is 0 Å². The molecule has 0 aliphatic carbocycles. The van der Waals surface area contributed by atoms with Gasteiger partial charge in [-0.05, 0) is 135 Å². The third-order valence-electron chi connectivity index (χ3n) is 8.84. The van der Waals surface area contributed by atoms with E-state index in [1.54, 1.807) is 0 Å². The summed E-state index contributed by atoms with van der Waals surface area (Å²) in [7, 11) is 0. The molecule has 6 heteroatoms. The van der Waals surface area contributed by atoms with Crippen molar-refractivity contribution in [2.45, 2.75) is 80.1 Å². The highest BCUT2D eigenvalue weighted by Gasteiger charge is 2.16. The van der Waals surface area contributed by atoms with Gasteiger partial charge in [0.05, 0.1) is 0 Å². The summed E-state index contributed by atoms with van der Waals surface area (Å²) in [4.78, 5) is 14.9. The fraction of sp³-hybridized carbons (Fsp3) is 0.412. The van der Waals surface area contributed by atoms with E-state index in [1.807, 2.05) is 0 Å². The van der Waals surface area contributed by atoms with Crippen LogP contribution < -0.4 is 21.4 Å². The first-order chi connectivity index (χ1) is 19.3. The van der Waals surface area contributed by atoms with E-state index in [4.69, 9.17) is 0 Å². The van der Waals surface area contributed by atoms with Gasteiger partial charge in [0.25, 0.3) is 0 Å². The van der Waals surface area contributed by atoms with Gasteiger partial charge in [0, 0.05) is 57.4 Å². The summed E-state index contributed by atoms with van der Waals surface area (Å²) >= 11 is 0. The van der Waals surface area contributed by atoms with Crippen molar-refractivity contribution in [3.05, 3.63) is 88.7 Å². The van der Waals surface area contributed by atoms with Gasteiger partial charge in [-0.25, -0.2) is 0 Å². The molecule has 6 N–H and O–H groups in total. The topological polar surface area (TPSA) is 104 Å². The number of H-pyrrole nitrogens is 4. The summed E-state index contributed by atoms with van der Waals surface area (Å²) < 4.78 is 0. The molecule has 0 unspecified atom stereocenters. The van der Waals surface area contributed by atoms with Crippen LogP contribution in [0.15, 0.2) is 0 Å². The van der Waals surface area contributed by atoms with Crippen LogP contribution in [0.5, 0.6) is 0 Å². The Morgan fingerprint density at radius 1 is 0.475 bits per heavy atom. The van der Waals surface area contributed by atoms with Crippen LogP contribution in [0.2, 0.25) is 0 Å². The second-order valence-corrected chi connectivity index (χ2v) is 11.2. The zero-order valence-corrected chi connectivity index (χ0v) is 24.9. The molecule has 4 aromatic heterocycles. The Balaban J connectivity index is 1.91. The number of aliphatic hydroxyl groups is 2. The number of hydrogen-bond donors (Lipinski definition) is 6. The van der Waals surface area contributed by atoms with E-state index in [0.29, 0.717) is 12.8 Å². The van der Waals surface area contributed by atoms with Crippen LogP contribution in [0.4, 0.5) is 0 Å². The molecule has 5 rings (SSSR count). The fourth-order valence-electron chi connectivity index (χ4n) is 6.43. The van der Waals surface area contributed by atoms with Crippen molar-refractivity contribution in [1.82, 2.24) is 19.9 Å². The first-order valence-electron chi connectivity index (χ1n) is 14.8. The summed E-state index contributed by atoms with van der Waals surface area (Å²) in [5, 5.41) is 23.7. The molecule has 8 bridgehead atoms. The van der Waals surface area contributed by atoms with E-state index in [9.17, 15) is 10.2 Å². The van der Waals surface area contributed by atoms with Crippen molar-refractivity contribution in [3.8, 4) is 0 Å². The lowest BCUT2D eigenvalue weighted by atomic mass is 10.0. The maximum atomic E-state index is 9.64. The normalized spacial score (nSPS) is 12.6. The number of hydrogen-bond acceptors (Lipinski definition) is 2. The zero-order valence-electron chi connectivity index (χ0n) is 24.9. The minimum Gasteiger partial charge on any atom is -0.396 e. The van der Waals surface area contributed by atoms with Gasteiger partial charge >= 0.3 is 0 Å². The number of rotatable bonds is 8. The Hall–Kier alpha value is -3.48.